The van der Waals surface area contributed by atoms with E-state index in [2.05, 4.69) is 36.2 Å². The Morgan fingerprint density at radius 3 is 2.67 bits per heavy atom. The lowest BCUT2D eigenvalue weighted by atomic mass is 10.2. The average Bonchev–Trinajstić information content (AvgIpc) is 2.89. The summed E-state index contributed by atoms with van der Waals surface area (Å²) in [5.41, 5.74) is 2.19. The third-order valence-corrected chi connectivity index (χ3v) is 4.08. The van der Waals surface area contributed by atoms with Crippen LogP contribution >= 0.6 is 11.6 Å². The molecular weight excluding hydrogens is 322 g/mol. The highest BCUT2D eigenvalue weighted by molar-refractivity contribution is 6.31. The van der Waals surface area contributed by atoms with E-state index in [1.54, 1.807) is 0 Å². The molecule has 0 unspecified atom stereocenters. The number of fused-ring (bicyclic) bond motifs is 1. The molecule has 0 atom stereocenters. The van der Waals surface area contributed by atoms with Crippen molar-refractivity contribution in [3.05, 3.63) is 59.1 Å². The molecule has 5 heteroatoms. The predicted molar refractivity (Wildman–Crippen MR) is 99.0 cm³/mol. The van der Waals surface area contributed by atoms with Crippen LogP contribution in [-0.2, 0) is 6.54 Å². The van der Waals surface area contributed by atoms with Crippen LogP contribution in [0.2, 0.25) is 5.02 Å². The second kappa shape index (κ2) is 7.69. The van der Waals surface area contributed by atoms with Gasteiger partial charge < -0.3 is 9.64 Å². The van der Waals surface area contributed by atoms with Crippen molar-refractivity contribution >= 4 is 22.5 Å². The Labute approximate surface area is 147 Å². The van der Waals surface area contributed by atoms with Gasteiger partial charge in [0.1, 0.15) is 0 Å². The third kappa shape index (κ3) is 4.08. The lowest BCUT2D eigenvalue weighted by molar-refractivity contribution is 0.273. The molecule has 0 aliphatic rings. The number of hydrogen-bond acceptors (Lipinski definition) is 3. The molecule has 3 aromatic rings. The minimum absolute atomic E-state index is 0.651. The molecule has 1 aromatic heterocycles. The van der Waals surface area contributed by atoms with E-state index in [0.717, 1.165) is 23.9 Å². The fourth-order valence-electron chi connectivity index (χ4n) is 2.65. The molecule has 0 fully saturated rings. The first-order valence-corrected chi connectivity index (χ1v) is 8.49. The van der Waals surface area contributed by atoms with Gasteiger partial charge in [0.05, 0.1) is 24.1 Å². The zero-order valence-corrected chi connectivity index (χ0v) is 14.8. The molecule has 2 aromatic carbocycles. The van der Waals surface area contributed by atoms with E-state index in [-0.39, 0.29) is 0 Å². The molecule has 0 saturated heterocycles. The fourth-order valence-corrected chi connectivity index (χ4v) is 2.82. The van der Waals surface area contributed by atoms with Gasteiger partial charge in [0.2, 0.25) is 5.88 Å². The topological polar surface area (TPSA) is 30.3 Å². The summed E-state index contributed by atoms with van der Waals surface area (Å²) in [6.07, 6.45) is 0.966. The van der Waals surface area contributed by atoms with E-state index in [1.807, 2.05) is 41.1 Å². The number of benzene rings is 2. The molecule has 4 nitrogen and oxygen atoms in total. The van der Waals surface area contributed by atoms with Crippen LogP contribution in [-0.4, -0.2) is 41.9 Å². The molecule has 126 valence electrons. The number of ether oxygens (including phenoxy) is 1. The molecule has 0 N–H and O–H groups in total. The van der Waals surface area contributed by atoms with Gasteiger partial charge in [0, 0.05) is 11.6 Å². The molecule has 1 heterocycles. The highest BCUT2D eigenvalue weighted by Gasteiger charge is 2.12. The van der Waals surface area contributed by atoms with E-state index in [9.17, 15) is 0 Å². The van der Waals surface area contributed by atoms with Crippen LogP contribution in [0.5, 0.6) is 5.88 Å². The smallest absolute Gasteiger partial charge is 0.240 e. The van der Waals surface area contributed by atoms with Gasteiger partial charge >= 0.3 is 0 Å². The Balaban J connectivity index is 1.84. The van der Waals surface area contributed by atoms with Crippen molar-refractivity contribution in [2.45, 2.75) is 13.0 Å². The van der Waals surface area contributed by atoms with E-state index in [4.69, 9.17) is 16.3 Å². The molecule has 0 spiro atoms. The molecule has 0 radical (unpaired) electrons. The SMILES string of the molecule is CN(C)CCCOc1nn(Cc2ccccc2)c2cc(Cl)ccc12. The maximum absolute atomic E-state index is 6.18. The van der Waals surface area contributed by atoms with Gasteiger partial charge in [-0.15, -0.1) is 5.10 Å². The molecule has 24 heavy (non-hydrogen) atoms. The summed E-state index contributed by atoms with van der Waals surface area (Å²) in [5, 5.41) is 6.37. The van der Waals surface area contributed by atoms with Crippen LogP contribution in [0.1, 0.15) is 12.0 Å². The third-order valence-electron chi connectivity index (χ3n) is 3.84. The van der Waals surface area contributed by atoms with Gasteiger partial charge in [0.25, 0.3) is 0 Å². The van der Waals surface area contributed by atoms with Gasteiger partial charge in [-0.05, 0) is 44.3 Å². The molecular formula is C19H22ClN3O. The average molecular weight is 344 g/mol. The molecule has 0 amide bonds. The van der Waals surface area contributed by atoms with Crippen LogP contribution in [0, 0.1) is 0 Å². The number of aromatic nitrogens is 2. The summed E-state index contributed by atoms with van der Waals surface area (Å²) in [6.45, 7) is 2.34. The summed E-state index contributed by atoms with van der Waals surface area (Å²) < 4.78 is 7.88. The first-order chi connectivity index (χ1) is 11.6. The monoisotopic (exact) mass is 343 g/mol. The summed E-state index contributed by atoms with van der Waals surface area (Å²) in [7, 11) is 4.12. The standard InChI is InChI=1S/C19H22ClN3O/c1-22(2)11-6-12-24-19-17-10-9-16(20)13-18(17)23(21-19)14-15-7-4-3-5-8-15/h3-5,7-10,13H,6,11-12,14H2,1-2H3. The van der Waals surface area contributed by atoms with Gasteiger partial charge in [-0.1, -0.05) is 41.9 Å². The van der Waals surface area contributed by atoms with Crippen LogP contribution in [0.25, 0.3) is 10.9 Å². The van der Waals surface area contributed by atoms with E-state index < -0.39 is 0 Å². The highest BCUT2D eigenvalue weighted by atomic mass is 35.5. The zero-order valence-electron chi connectivity index (χ0n) is 14.1. The number of rotatable bonds is 7. The molecule has 0 aliphatic heterocycles. The van der Waals surface area contributed by atoms with Gasteiger partial charge in [-0.25, -0.2) is 0 Å². The Bertz CT molecular complexity index is 799. The van der Waals surface area contributed by atoms with Crippen LogP contribution < -0.4 is 4.74 Å². The summed E-state index contributed by atoms with van der Waals surface area (Å²) >= 11 is 6.18. The van der Waals surface area contributed by atoms with Crippen LogP contribution in [0.15, 0.2) is 48.5 Å². The van der Waals surface area contributed by atoms with E-state index in [1.165, 1.54) is 5.56 Å². The predicted octanol–water partition coefficient (Wildman–Crippen LogP) is 4.07. The normalized spacial score (nSPS) is 11.3. The Hall–Kier alpha value is -2.04. The van der Waals surface area contributed by atoms with Crippen LogP contribution in [0.3, 0.4) is 0 Å². The minimum Gasteiger partial charge on any atom is -0.476 e. The van der Waals surface area contributed by atoms with E-state index in [0.29, 0.717) is 24.1 Å². The Kier molecular flexibility index (Phi) is 5.38. The lowest BCUT2D eigenvalue weighted by Crippen LogP contribution is -2.15. The molecule has 0 bridgehead atoms. The van der Waals surface area contributed by atoms with Crippen molar-refractivity contribution in [3.63, 3.8) is 0 Å². The van der Waals surface area contributed by atoms with Gasteiger partial charge in [0.15, 0.2) is 0 Å². The first-order valence-electron chi connectivity index (χ1n) is 8.11. The maximum Gasteiger partial charge on any atom is 0.240 e. The van der Waals surface area contributed by atoms with Gasteiger partial charge in [-0.2, -0.15) is 0 Å². The van der Waals surface area contributed by atoms with E-state index >= 15 is 0 Å². The first kappa shape index (κ1) is 16.8. The largest absolute Gasteiger partial charge is 0.476 e. The summed E-state index contributed by atoms with van der Waals surface area (Å²) in [6, 6.07) is 16.1. The molecule has 3 rings (SSSR count). The fraction of sp³-hybridized carbons (Fsp3) is 0.316. The van der Waals surface area contributed by atoms with Crippen molar-refractivity contribution in [2.24, 2.45) is 0 Å². The van der Waals surface area contributed by atoms with Crippen molar-refractivity contribution < 1.29 is 4.74 Å². The Morgan fingerprint density at radius 2 is 1.92 bits per heavy atom. The minimum atomic E-state index is 0.651. The number of hydrogen-bond donors (Lipinski definition) is 0. The number of nitrogens with zero attached hydrogens (tertiary/aromatic N) is 3. The zero-order chi connectivity index (χ0) is 16.9. The second-order valence-corrected chi connectivity index (χ2v) is 6.55. The second-order valence-electron chi connectivity index (χ2n) is 6.12. The quantitative estimate of drug-likeness (QED) is 0.606. The summed E-state index contributed by atoms with van der Waals surface area (Å²) in [5.74, 6) is 0.677. The van der Waals surface area contributed by atoms with Crippen molar-refractivity contribution in [2.75, 3.05) is 27.2 Å². The molecule has 0 saturated carbocycles. The number of halogens is 1. The lowest BCUT2D eigenvalue weighted by Gasteiger charge is -2.09. The van der Waals surface area contributed by atoms with Crippen molar-refractivity contribution in [1.29, 1.82) is 0 Å². The highest BCUT2D eigenvalue weighted by Crippen LogP contribution is 2.28. The summed E-state index contributed by atoms with van der Waals surface area (Å²) in [4.78, 5) is 2.15. The van der Waals surface area contributed by atoms with Gasteiger partial charge in [-0.3, -0.25) is 4.68 Å². The molecule has 0 aliphatic carbocycles. The van der Waals surface area contributed by atoms with Crippen molar-refractivity contribution in [3.8, 4) is 5.88 Å². The van der Waals surface area contributed by atoms with Crippen molar-refractivity contribution in [1.82, 2.24) is 14.7 Å². The van der Waals surface area contributed by atoms with Crippen LogP contribution in [0.4, 0.5) is 0 Å². The Morgan fingerprint density at radius 1 is 1.12 bits per heavy atom. The maximum atomic E-state index is 6.18.